The fraction of sp³-hybridized carbons (Fsp3) is 0.250. The highest BCUT2D eigenvalue weighted by atomic mass is 35.5. The quantitative estimate of drug-likeness (QED) is 0.904. The van der Waals surface area contributed by atoms with E-state index in [-0.39, 0.29) is 11.6 Å². The highest BCUT2D eigenvalue weighted by molar-refractivity contribution is 6.30. The number of aliphatic hydroxyl groups excluding tert-OH is 1. The Bertz CT molecular complexity index is 611. The molecule has 2 aromatic carbocycles. The highest BCUT2D eigenvalue weighted by Crippen LogP contribution is 2.27. The molecule has 0 fully saturated rings. The van der Waals surface area contributed by atoms with Gasteiger partial charge in [0.2, 0.25) is 0 Å². The lowest BCUT2D eigenvalue weighted by Crippen LogP contribution is -2.01. The second-order valence-electron chi connectivity index (χ2n) is 4.75. The molecule has 0 saturated heterocycles. The van der Waals surface area contributed by atoms with Crippen LogP contribution in [0.25, 0.3) is 0 Å². The van der Waals surface area contributed by atoms with E-state index in [0.29, 0.717) is 5.75 Å². The van der Waals surface area contributed by atoms with Crippen LogP contribution in [-0.2, 0) is 6.61 Å². The SMILES string of the molecule is Cc1ccc(C(C)O)c(OCc2ccc(F)c(Cl)c2)c1. The third kappa shape index (κ3) is 3.50. The van der Waals surface area contributed by atoms with Crippen LogP contribution in [0.5, 0.6) is 5.75 Å². The van der Waals surface area contributed by atoms with Gasteiger partial charge in [0.15, 0.2) is 0 Å². The molecule has 0 aliphatic heterocycles. The minimum Gasteiger partial charge on any atom is -0.489 e. The van der Waals surface area contributed by atoms with Crippen molar-refractivity contribution >= 4 is 11.6 Å². The molecule has 2 nitrogen and oxygen atoms in total. The fourth-order valence-corrected chi connectivity index (χ4v) is 2.11. The van der Waals surface area contributed by atoms with Gasteiger partial charge >= 0.3 is 0 Å². The summed E-state index contributed by atoms with van der Waals surface area (Å²) in [5, 5.41) is 9.80. The fourth-order valence-electron chi connectivity index (χ4n) is 1.90. The summed E-state index contributed by atoms with van der Waals surface area (Å²) in [5.41, 5.74) is 2.54. The average molecular weight is 295 g/mol. The first-order valence-corrected chi connectivity index (χ1v) is 6.70. The first-order valence-electron chi connectivity index (χ1n) is 6.32. The topological polar surface area (TPSA) is 29.5 Å². The van der Waals surface area contributed by atoms with Crippen molar-refractivity contribution in [1.29, 1.82) is 0 Å². The number of halogens is 2. The number of aryl methyl sites for hydroxylation is 1. The van der Waals surface area contributed by atoms with E-state index in [1.54, 1.807) is 13.0 Å². The minimum absolute atomic E-state index is 0.0751. The van der Waals surface area contributed by atoms with Gasteiger partial charge in [-0.05, 0) is 43.2 Å². The zero-order chi connectivity index (χ0) is 14.7. The second kappa shape index (κ2) is 6.25. The number of aliphatic hydroxyl groups is 1. The van der Waals surface area contributed by atoms with Crippen LogP contribution in [-0.4, -0.2) is 5.11 Å². The summed E-state index contributed by atoms with van der Waals surface area (Å²) >= 11 is 5.73. The zero-order valence-electron chi connectivity index (χ0n) is 11.4. The molecule has 4 heteroatoms. The van der Waals surface area contributed by atoms with E-state index in [2.05, 4.69) is 0 Å². The summed E-state index contributed by atoms with van der Waals surface area (Å²) < 4.78 is 18.8. The van der Waals surface area contributed by atoms with Gasteiger partial charge in [0, 0.05) is 5.56 Å². The molecule has 2 aromatic rings. The largest absolute Gasteiger partial charge is 0.489 e. The molecule has 0 amide bonds. The third-order valence-electron chi connectivity index (χ3n) is 3.00. The van der Waals surface area contributed by atoms with E-state index in [1.807, 2.05) is 25.1 Å². The second-order valence-corrected chi connectivity index (χ2v) is 5.16. The lowest BCUT2D eigenvalue weighted by Gasteiger charge is -2.14. The van der Waals surface area contributed by atoms with Crippen molar-refractivity contribution in [2.45, 2.75) is 26.6 Å². The molecule has 0 heterocycles. The van der Waals surface area contributed by atoms with Gasteiger partial charge in [-0.25, -0.2) is 4.39 Å². The van der Waals surface area contributed by atoms with Crippen molar-refractivity contribution in [3.8, 4) is 5.75 Å². The summed E-state index contributed by atoms with van der Waals surface area (Å²) in [5.74, 6) is 0.177. The van der Waals surface area contributed by atoms with Crippen molar-refractivity contribution in [2.75, 3.05) is 0 Å². The van der Waals surface area contributed by atoms with Gasteiger partial charge in [-0.2, -0.15) is 0 Å². The van der Waals surface area contributed by atoms with Crippen LogP contribution >= 0.6 is 11.6 Å². The summed E-state index contributed by atoms with van der Waals surface area (Å²) in [6, 6.07) is 10.1. The molecule has 2 rings (SSSR count). The summed E-state index contributed by atoms with van der Waals surface area (Å²) in [6.07, 6.45) is -0.609. The van der Waals surface area contributed by atoms with E-state index in [1.165, 1.54) is 12.1 Å². The Labute approximate surface area is 122 Å². The highest BCUT2D eigenvalue weighted by Gasteiger charge is 2.10. The first-order chi connectivity index (χ1) is 9.47. The normalized spacial score (nSPS) is 12.2. The van der Waals surface area contributed by atoms with E-state index in [0.717, 1.165) is 16.7 Å². The monoisotopic (exact) mass is 294 g/mol. The van der Waals surface area contributed by atoms with Gasteiger partial charge in [-0.1, -0.05) is 29.8 Å². The minimum atomic E-state index is -0.609. The van der Waals surface area contributed by atoms with Gasteiger partial charge in [-0.15, -0.1) is 0 Å². The smallest absolute Gasteiger partial charge is 0.141 e. The van der Waals surface area contributed by atoms with E-state index in [4.69, 9.17) is 16.3 Å². The Morgan fingerprint density at radius 2 is 2.00 bits per heavy atom. The lowest BCUT2D eigenvalue weighted by molar-refractivity contribution is 0.190. The maximum absolute atomic E-state index is 13.1. The molecule has 0 saturated carbocycles. The Morgan fingerprint density at radius 3 is 2.65 bits per heavy atom. The van der Waals surface area contributed by atoms with E-state index >= 15 is 0 Å². The van der Waals surface area contributed by atoms with Crippen molar-refractivity contribution in [2.24, 2.45) is 0 Å². The number of hydrogen-bond acceptors (Lipinski definition) is 2. The summed E-state index contributed by atoms with van der Waals surface area (Å²) in [7, 11) is 0. The van der Waals surface area contributed by atoms with Crippen molar-refractivity contribution in [3.05, 3.63) is 63.9 Å². The molecule has 1 atom stereocenters. The standard InChI is InChI=1S/C16H16ClFO2/c1-10-3-5-13(11(2)19)16(7-10)20-9-12-4-6-15(18)14(17)8-12/h3-8,11,19H,9H2,1-2H3. The van der Waals surface area contributed by atoms with Crippen LogP contribution in [0.3, 0.4) is 0 Å². The maximum Gasteiger partial charge on any atom is 0.141 e. The van der Waals surface area contributed by atoms with Crippen molar-refractivity contribution < 1.29 is 14.2 Å². The zero-order valence-corrected chi connectivity index (χ0v) is 12.1. The van der Waals surface area contributed by atoms with Crippen molar-refractivity contribution in [3.63, 3.8) is 0 Å². The number of ether oxygens (including phenoxy) is 1. The molecular formula is C16H16ClFO2. The summed E-state index contributed by atoms with van der Waals surface area (Å²) in [4.78, 5) is 0. The Hall–Kier alpha value is -1.58. The van der Waals surface area contributed by atoms with Gasteiger partial charge in [0.25, 0.3) is 0 Å². The maximum atomic E-state index is 13.1. The van der Waals surface area contributed by atoms with Gasteiger partial charge in [0.1, 0.15) is 18.2 Å². The summed E-state index contributed by atoms with van der Waals surface area (Å²) in [6.45, 7) is 3.91. The molecule has 0 aliphatic rings. The van der Waals surface area contributed by atoms with Crippen molar-refractivity contribution in [1.82, 2.24) is 0 Å². The Kier molecular flexibility index (Phi) is 4.63. The molecule has 1 N–H and O–H groups in total. The molecule has 0 bridgehead atoms. The predicted molar refractivity (Wildman–Crippen MR) is 77.6 cm³/mol. The molecular weight excluding hydrogens is 279 g/mol. The van der Waals surface area contributed by atoms with Crippen LogP contribution in [0.15, 0.2) is 36.4 Å². The average Bonchev–Trinajstić information content (AvgIpc) is 2.40. The van der Waals surface area contributed by atoms with E-state index < -0.39 is 11.9 Å². The first kappa shape index (κ1) is 14.8. The van der Waals surface area contributed by atoms with Gasteiger partial charge in [-0.3, -0.25) is 0 Å². The van der Waals surface area contributed by atoms with Gasteiger partial charge < -0.3 is 9.84 Å². The van der Waals surface area contributed by atoms with Crippen LogP contribution < -0.4 is 4.74 Å². The van der Waals surface area contributed by atoms with Crippen LogP contribution in [0.2, 0.25) is 5.02 Å². The molecule has 0 radical (unpaired) electrons. The predicted octanol–water partition coefficient (Wildman–Crippen LogP) is 4.42. The van der Waals surface area contributed by atoms with Gasteiger partial charge in [0.05, 0.1) is 11.1 Å². The molecule has 106 valence electrons. The number of benzene rings is 2. The molecule has 1 unspecified atom stereocenters. The third-order valence-corrected chi connectivity index (χ3v) is 3.29. The Morgan fingerprint density at radius 1 is 1.25 bits per heavy atom. The van der Waals surface area contributed by atoms with Crippen LogP contribution in [0, 0.1) is 12.7 Å². The number of hydrogen-bond donors (Lipinski definition) is 1. The molecule has 0 aliphatic carbocycles. The van der Waals surface area contributed by atoms with Crippen LogP contribution in [0.4, 0.5) is 4.39 Å². The number of rotatable bonds is 4. The Balaban J connectivity index is 2.17. The van der Waals surface area contributed by atoms with Crippen LogP contribution in [0.1, 0.15) is 29.7 Å². The van der Waals surface area contributed by atoms with E-state index in [9.17, 15) is 9.50 Å². The molecule has 0 spiro atoms. The molecule has 0 aromatic heterocycles. The molecule has 20 heavy (non-hydrogen) atoms. The lowest BCUT2D eigenvalue weighted by atomic mass is 10.1.